The number of rotatable bonds is 19. The average Bonchev–Trinajstić information content (AvgIpc) is 2.73. The quantitative estimate of drug-likeness (QED) is 0.222. The van der Waals surface area contributed by atoms with Crippen LogP contribution in [0, 0.1) is 0 Å². The zero-order valence-corrected chi connectivity index (χ0v) is 19.7. The third-order valence-electron chi connectivity index (χ3n) is 5.03. The third kappa shape index (κ3) is 15.0. The molecule has 0 aliphatic rings. The molecule has 0 aromatic heterocycles. The van der Waals surface area contributed by atoms with E-state index in [2.05, 4.69) is 0 Å². The smallest absolute Gasteiger partial charge is 0.417 e. The van der Waals surface area contributed by atoms with E-state index in [1.807, 2.05) is 0 Å². The van der Waals surface area contributed by atoms with Gasteiger partial charge in [0.2, 0.25) is 0 Å². The molecular weight excluding hydrogens is 461 g/mol. The summed E-state index contributed by atoms with van der Waals surface area (Å²) in [6.07, 6.45) is 4.52. The molecule has 33 heavy (non-hydrogen) atoms. The molecule has 0 radical (unpaired) electrons. The van der Waals surface area contributed by atoms with Crippen LogP contribution in [0.1, 0.15) is 75.3 Å². The summed E-state index contributed by atoms with van der Waals surface area (Å²) < 4.78 is 49.2. The van der Waals surface area contributed by atoms with Crippen molar-refractivity contribution in [3.8, 4) is 0 Å². The molecule has 0 aliphatic heterocycles. The van der Waals surface area contributed by atoms with E-state index < -0.39 is 17.7 Å². The number of carbonyl (C=O) groups is 2. The van der Waals surface area contributed by atoms with Gasteiger partial charge >= 0.3 is 12.1 Å². The fourth-order valence-electron chi connectivity index (χ4n) is 3.30. The summed E-state index contributed by atoms with van der Waals surface area (Å²) in [4.78, 5) is 22.3. The fourth-order valence-corrected chi connectivity index (χ4v) is 3.52. The van der Waals surface area contributed by atoms with E-state index in [4.69, 9.17) is 26.2 Å². The molecule has 0 atom stereocenters. The first-order valence-electron chi connectivity index (χ1n) is 11.4. The lowest BCUT2D eigenvalue weighted by atomic mass is 10.0. The number of ketones is 1. The molecule has 1 aromatic carbocycles. The molecule has 9 heteroatoms. The number of ether oxygens (including phenoxy) is 2. The van der Waals surface area contributed by atoms with Gasteiger partial charge in [-0.05, 0) is 43.4 Å². The van der Waals surface area contributed by atoms with Gasteiger partial charge in [-0.3, -0.25) is 4.79 Å². The first kappa shape index (κ1) is 29.4. The van der Waals surface area contributed by atoms with Crippen LogP contribution >= 0.6 is 11.6 Å². The molecule has 1 rings (SSSR count). The van der Waals surface area contributed by atoms with Crippen molar-refractivity contribution >= 4 is 23.4 Å². The highest BCUT2D eigenvalue weighted by Crippen LogP contribution is 2.35. The Labute approximate surface area is 198 Å². The molecule has 0 amide bonds. The van der Waals surface area contributed by atoms with Gasteiger partial charge in [0.05, 0.1) is 10.6 Å². The van der Waals surface area contributed by atoms with E-state index in [0.29, 0.717) is 38.2 Å². The number of aliphatic carboxylic acids is 1. The summed E-state index contributed by atoms with van der Waals surface area (Å²) in [5, 5.41) is 8.08. The van der Waals surface area contributed by atoms with Crippen LogP contribution < -0.4 is 0 Å². The summed E-state index contributed by atoms with van der Waals surface area (Å²) in [7, 11) is 0. The monoisotopic (exact) mass is 494 g/mol. The van der Waals surface area contributed by atoms with Crippen LogP contribution in [0.4, 0.5) is 13.2 Å². The molecule has 0 heterocycles. The first-order chi connectivity index (χ1) is 15.7. The van der Waals surface area contributed by atoms with Gasteiger partial charge in [-0.2, -0.15) is 13.2 Å². The highest BCUT2D eigenvalue weighted by atomic mass is 35.5. The van der Waals surface area contributed by atoms with Crippen molar-refractivity contribution in [3.63, 3.8) is 0 Å². The van der Waals surface area contributed by atoms with Crippen LogP contribution in [0.25, 0.3) is 0 Å². The van der Waals surface area contributed by atoms with Crippen molar-refractivity contribution in [2.24, 2.45) is 0 Å². The van der Waals surface area contributed by atoms with E-state index in [1.165, 1.54) is 12.1 Å². The van der Waals surface area contributed by atoms with Gasteiger partial charge in [0.15, 0.2) is 0 Å². The summed E-state index contributed by atoms with van der Waals surface area (Å²) in [6.45, 7) is 1.52. The van der Waals surface area contributed by atoms with Crippen LogP contribution in [0.15, 0.2) is 18.2 Å². The summed E-state index contributed by atoms with van der Waals surface area (Å²) in [5.74, 6) is -1.04. The van der Waals surface area contributed by atoms with Crippen molar-refractivity contribution in [1.29, 1.82) is 0 Å². The molecule has 188 valence electrons. The maximum absolute atomic E-state index is 12.9. The van der Waals surface area contributed by atoms with Crippen molar-refractivity contribution in [3.05, 3.63) is 34.3 Å². The van der Waals surface area contributed by atoms with Crippen molar-refractivity contribution in [2.75, 3.05) is 26.4 Å². The molecular formula is C24H34ClF3O5. The zero-order valence-electron chi connectivity index (χ0n) is 18.9. The first-order valence-corrected chi connectivity index (χ1v) is 11.8. The van der Waals surface area contributed by atoms with Crippen molar-refractivity contribution in [2.45, 2.75) is 76.8 Å². The number of carboxylic acid groups (broad SMARTS) is 1. The number of carbonyl (C=O) groups excluding carboxylic acids is 1. The van der Waals surface area contributed by atoms with Crippen LogP contribution in [0.2, 0.25) is 5.02 Å². The SMILES string of the molecule is O=C(O)COCCCCCCCCCOCCCCC(=O)Cc1ccc(Cl)c(C(F)(F)F)c1. The van der Waals surface area contributed by atoms with Gasteiger partial charge in [-0.15, -0.1) is 0 Å². The van der Waals surface area contributed by atoms with Gasteiger partial charge in [-0.25, -0.2) is 4.79 Å². The maximum atomic E-state index is 12.9. The minimum atomic E-state index is -4.53. The van der Waals surface area contributed by atoms with E-state index in [9.17, 15) is 22.8 Å². The second-order valence-corrected chi connectivity index (χ2v) is 8.43. The molecule has 0 saturated carbocycles. The molecule has 0 unspecified atom stereocenters. The van der Waals surface area contributed by atoms with Gasteiger partial charge in [-0.1, -0.05) is 49.8 Å². The number of alkyl halides is 3. The molecule has 5 nitrogen and oxygen atoms in total. The van der Waals surface area contributed by atoms with Gasteiger partial charge < -0.3 is 14.6 Å². The van der Waals surface area contributed by atoms with Crippen molar-refractivity contribution < 1.29 is 37.3 Å². The number of hydrogen-bond donors (Lipinski definition) is 1. The molecule has 0 saturated heterocycles. The minimum absolute atomic E-state index is 0.0313. The lowest BCUT2D eigenvalue weighted by molar-refractivity contribution is -0.142. The lowest BCUT2D eigenvalue weighted by Crippen LogP contribution is -2.09. The Morgan fingerprint density at radius 1 is 0.848 bits per heavy atom. The number of carboxylic acids is 1. The average molecular weight is 495 g/mol. The number of hydrogen-bond acceptors (Lipinski definition) is 4. The highest BCUT2D eigenvalue weighted by molar-refractivity contribution is 6.31. The third-order valence-corrected chi connectivity index (χ3v) is 5.36. The van der Waals surface area contributed by atoms with Gasteiger partial charge in [0, 0.05) is 32.7 Å². The van der Waals surface area contributed by atoms with E-state index in [0.717, 1.165) is 57.4 Å². The highest BCUT2D eigenvalue weighted by Gasteiger charge is 2.33. The number of halogens is 4. The molecule has 0 bridgehead atoms. The molecule has 0 spiro atoms. The minimum Gasteiger partial charge on any atom is -0.480 e. The van der Waals surface area contributed by atoms with Crippen LogP contribution in [-0.2, 0) is 31.7 Å². The Kier molecular flexibility index (Phi) is 15.0. The maximum Gasteiger partial charge on any atom is 0.417 e. The standard InChI is InChI=1S/C24H34ClF3O5/c25-22-12-11-19(17-21(22)24(26,27)28)16-20(29)10-6-9-14-32-13-7-4-2-1-3-5-8-15-33-18-23(30)31/h11-12,17H,1-10,13-16,18H2,(H,30,31). The Hall–Kier alpha value is -1.64. The largest absolute Gasteiger partial charge is 0.480 e. The Balaban J connectivity index is 1.96. The van der Waals surface area contributed by atoms with Crippen molar-refractivity contribution in [1.82, 2.24) is 0 Å². The predicted octanol–water partition coefficient (Wildman–Crippen LogP) is 6.49. The zero-order chi connectivity index (χ0) is 24.5. The predicted molar refractivity (Wildman–Crippen MR) is 121 cm³/mol. The van der Waals surface area contributed by atoms with E-state index in [1.54, 1.807) is 0 Å². The fraction of sp³-hybridized carbons (Fsp3) is 0.667. The molecule has 1 aromatic rings. The molecule has 0 fully saturated rings. The molecule has 1 N–H and O–H groups in total. The van der Waals surface area contributed by atoms with Crippen LogP contribution in [0.5, 0.6) is 0 Å². The Bertz CT molecular complexity index is 710. The summed E-state index contributed by atoms with van der Waals surface area (Å²) >= 11 is 5.59. The Morgan fingerprint density at radius 2 is 1.39 bits per heavy atom. The number of benzene rings is 1. The summed E-state index contributed by atoms with van der Waals surface area (Å²) in [6, 6.07) is 3.58. The lowest BCUT2D eigenvalue weighted by Gasteiger charge is -2.10. The van der Waals surface area contributed by atoms with E-state index in [-0.39, 0.29) is 23.8 Å². The summed E-state index contributed by atoms with van der Waals surface area (Å²) in [5.41, 5.74) is -0.593. The van der Waals surface area contributed by atoms with Gasteiger partial charge in [0.1, 0.15) is 12.4 Å². The second kappa shape index (κ2) is 16.9. The van der Waals surface area contributed by atoms with Crippen LogP contribution in [0.3, 0.4) is 0 Å². The van der Waals surface area contributed by atoms with Gasteiger partial charge in [0.25, 0.3) is 0 Å². The normalized spacial score (nSPS) is 11.6. The molecule has 0 aliphatic carbocycles. The number of unbranched alkanes of at least 4 members (excludes halogenated alkanes) is 7. The Morgan fingerprint density at radius 3 is 1.97 bits per heavy atom. The number of Topliss-reactive ketones (excluding diaryl/α,β-unsaturated/α-hetero) is 1. The van der Waals surface area contributed by atoms with Crippen LogP contribution in [-0.4, -0.2) is 43.3 Å². The second-order valence-electron chi connectivity index (χ2n) is 8.02. The topological polar surface area (TPSA) is 72.8 Å². The van der Waals surface area contributed by atoms with E-state index >= 15 is 0 Å².